The van der Waals surface area contributed by atoms with E-state index >= 15 is 0 Å². The number of esters is 1. The van der Waals surface area contributed by atoms with Gasteiger partial charge in [-0.15, -0.1) is 0 Å². The predicted molar refractivity (Wildman–Crippen MR) is 82.0 cm³/mol. The Morgan fingerprint density at radius 1 is 1.10 bits per heavy atom. The van der Waals surface area contributed by atoms with Crippen molar-refractivity contribution in [3.05, 3.63) is 48.0 Å². The van der Waals surface area contributed by atoms with E-state index in [2.05, 4.69) is 6.58 Å². The summed E-state index contributed by atoms with van der Waals surface area (Å²) in [4.78, 5) is 22.7. The molecule has 0 heterocycles. The first-order valence-electron chi connectivity index (χ1n) is 5.52. The Labute approximate surface area is 141 Å². The molecule has 8 heteroatoms. The molecule has 21 heavy (non-hydrogen) atoms. The van der Waals surface area contributed by atoms with E-state index < -0.39 is 20.6 Å². The van der Waals surface area contributed by atoms with Crippen LogP contribution in [0, 0.1) is 0 Å². The Morgan fingerprint density at radius 2 is 1.52 bits per heavy atom. The standard InChI is InChI=1S/C13H10Cl4O4/c1-2-7-21-11(20)13(16,17)9-5-3-8(4-6-9)12(14,15)10(18)19/h2-6H,1,7H2,(H,18,19). The molecule has 1 aromatic rings. The molecule has 0 fully saturated rings. The number of carboxylic acid groups (broad SMARTS) is 1. The van der Waals surface area contributed by atoms with Gasteiger partial charge in [-0.2, -0.15) is 0 Å². The monoisotopic (exact) mass is 370 g/mol. The molecule has 0 saturated carbocycles. The molecule has 0 spiro atoms. The van der Waals surface area contributed by atoms with E-state index in [1.54, 1.807) is 0 Å². The van der Waals surface area contributed by atoms with E-state index in [0.29, 0.717) is 0 Å². The summed E-state index contributed by atoms with van der Waals surface area (Å²) >= 11 is 23.3. The van der Waals surface area contributed by atoms with Gasteiger partial charge in [0, 0.05) is 0 Å². The number of alkyl halides is 4. The molecule has 1 aromatic carbocycles. The fourth-order valence-electron chi connectivity index (χ4n) is 1.36. The Kier molecular flexibility index (Phi) is 5.93. The van der Waals surface area contributed by atoms with E-state index in [1.807, 2.05) is 0 Å². The first kappa shape index (κ1) is 18.1. The predicted octanol–water partition coefficient (Wildman–Crippen LogP) is 3.76. The molecule has 1 rings (SSSR count). The largest absolute Gasteiger partial charge is 0.479 e. The summed E-state index contributed by atoms with van der Waals surface area (Å²) in [5, 5.41) is 8.91. The number of hydrogen-bond acceptors (Lipinski definition) is 3. The average molecular weight is 372 g/mol. The van der Waals surface area contributed by atoms with Gasteiger partial charge in [0.05, 0.1) is 0 Å². The van der Waals surface area contributed by atoms with Gasteiger partial charge in [0.25, 0.3) is 0 Å². The van der Waals surface area contributed by atoms with Crippen LogP contribution in [0.25, 0.3) is 0 Å². The third-order valence-electron chi connectivity index (χ3n) is 2.47. The van der Waals surface area contributed by atoms with Crippen molar-refractivity contribution in [1.82, 2.24) is 0 Å². The fourth-order valence-corrected chi connectivity index (χ4v) is 1.97. The van der Waals surface area contributed by atoms with Crippen LogP contribution in [0.1, 0.15) is 11.1 Å². The van der Waals surface area contributed by atoms with E-state index in [0.717, 1.165) is 0 Å². The van der Waals surface area contributed by atoms with Gasteiger partial charge < -0.3 is 9.84 Å². The third-order valence-corrected chi connectivity index (χ3v) is 3.97. The topological polar surface area (TPSA) is 63.6 Å². The van der Waals surface area contributed by atoms with Crippen LogP contribution in [0.4, 0.5) is 0 Å². The number of carbonyl (C=O) groups excluding carboxylic acids is 1. The van der Waals surface area contributed by atoms with Gasteiger partial charge in [-0.05, 0) is 11.1 Å². The molecule has 0 aliphatic heterocycles. The van der Waals surface area contributed by atoms with Crippen molar-refractivity contribution in [3.63, 3.8) is 0 Å². The summed E-state index contributed by atoms with van der Waals surface area (Å²) in [5.74, 6) is -2.30. The molecule has 0 aliphatic carbocycles. The van der Waals surface area contributed by atoms with Gasteiger partial charge in [0.1, 0.15) is 6.61 Å². The molecule has 0 saturated heterocycles. The summed E-state index contributed by atoms with van der Waals surface area (Å²) in [6.07, 6.45) is 1.37. The van der Waals surface area contributed by atoms with E-state index in [-0.39, 0.29) is 17.7 Å². The highest BCUT2D eigenvalue weighted by atomic mass is 35.5. The van der Waals surface area contributed by atoms with Crippen LogP contribution in [0.5, 0.6) is 0 Å². The smallest absolute Gasteiger partial charge is 0.347 e. The van der Waals surface area contributed by atoms with Crippen molar-refractivity contribution in [2.75, 3.05) is 6.61 Å². The van der Waals surface area contributed by atoms with Gasteiger partial charge in [-0.1, -0.05) is 83.3 Å². The number of aliphatic carboxylic acids is 1. The van der Waals surface area contributed by atoms with Crippen LogP contribution in [-0.4, -0.2) is 23.7 Å². The van der Waals surface area contributed by atoms with E-state index in [4.69, 9.17) is 56.2 Å². The van der Waals surface area contributed by atoms with Gasteiger partial charge in [0.2, 0.25) is 8.67 Å². The normalized spacial score (nSPS) is 11.8. The molecular formula is C13H10Cl4O4. The lowest BCUT2D eigenvalue weighted by Crippen LogP contribution is -2.27. The lowest BCUT2D eigenvalue weighted by atomic mass is 10.1. The van der Waals surface area contributed by atoms with Crippen molar-refractivity contribution in [2.24, 2.45) is 0 Å². The highest BCUT2D eigenvalue weighted by Gasteiger charge is 2.39. The highest BCUT2D eigenvalue weighted by molar-refractivity contribution is 6.57. The number of rotatable bonds is 6. The Morgan fingerprint density at radius 3 is 1.90 bits per heavy atom. The number of hydrogen-bond donors (Lipinski definition) is 1. The zero-order chi connectivity index (χ0) is 16.3. The molecule has 0 bridgehead atoms. The minimum atomic E-state index is -2.11. The number of ether oxygens (including phenoxy) is 1. The summed E-state index contributed by atoms with van der Waals surface area (Å²) in [7, 11) is 0. The zero-order valence-corrected chi connectivity index (χ0v) is 13.5. The van der Waals surface area contributed by atoms with Crippen molar-refractivity contribution in [1.29, 1.82) is 0 Å². The third kappa shape index (κ3) is 4.04. The molecule has 4 nitrogen and oxygen atoms in total. The van der Waals surface area contributed by atoms with Crippen LogP contribution >= 0.6 is 46.4 Å². The quantitative estimate of drug-likeness (QED) is 0.469. The molecular weight excluding hydrogens is 362 g/mol. The van der Waals surface area contributed by atoms with E-state index in [1.165, 1.54) is 30.3 Å². The average Bonchev–Trinajstić information content (AvgIpc) is 2.44. The lowest BCUT2D eigenvalue weighted by Gasteiger charge is -2.20. The summed E-state index contributed by atoms with van der Waals surface area (Å²) in [6, 6.07) is 5.30. The number of benzene rings is 1. The summed E-state index contributed by atoms with van der Waals surface area (Å²) in [5.41, 5.74) is 0.295. The molecule has 0 amide bonds. The highest BCUT2D eigenvalue weighted by Crippen LogP contribution is 2.38. The van der Waals surface area contributed by atoms with E-state index in [9.17, 15) is 9.59 Å². The summed E-state index contributed by atoms with van der Waals surface area (Å²) in [6.45, 7) is 3.36. The van der Waals surface area contributed by atoms with Crippen LogP contribution in [0.15, 0.2) is 36.9 Å². The lowest BCUT2D eigenvalue weighted by molar-refractivity contribution is -0.143. The van der Waals surface area contributed by atoms with Crippen LogP contribution in [0.2, 0.25) is 0 Å². The Bertz CT molecular complexity index is 552. The second-order valence-corrected chi connectivity index (χ2v) is 6.57. The Hall–Kier alpha value is -0.940. The Balaban J connectivity index is 3.04. The second-order valence-electron chi connectivity index (χ2n) is 3.92. The fraction of sp³-hybridized carbons (Fsp3) is 0.231. The van der Waals surface area contributed by atoms with Crippen molar-refractivity contribution in [2.45, 2.75) is 8.67 Å². The first-order chi connectivity index (χ1) is 9.64. The van der Waals surface area contributed by atoms with Crippen molar-refractivity contribution in [3.8, 4) is 0 Å². The molecule has 0 atom stereocenters. The number of carbonyl (C=O) groups is 2. The van der Waals surface area contributed by atoms with Crippen LogP contribution in [-0.2, 0) is 23.0 Å². The molecule has 0 aromatic heterocycles. The second kappa shape index (κ2) is 6.88. The maximum Gasteiger partial charge on any atom is 0.347 e. The van der Waals surface area contributed by atoms with Gasteiger partial charge >= 0.3 is 11.9 Å². The molecule has 0 aliphatic rings. The first-order valence-corrected chi connectivity index (χ1v) is 7.03. The van der Waals surface area contributed by atoms with Gasteiger partial charge in [-0.25, -0.2) is 9.59 Å². The van der Waals surface area contributed by atoms with Crippen molar-refractivity contribution >= 4 is 58.3 Å². The SMILES string of the molecule is C=CCOC(=O)C(Cl)(Cl)c1ccc(C(Cl)(Cl)C(=O)O)cc1. The zero-order valence-electron chi connectivity index (χ0n) is 10.5. The molecule has 1 N–H and O–H groups in total. The maximum atomic E-state index is 11.7. The van der Waals surface area contributed by atoms with Crippen LogP contribution in [0.3, 0.4) is 0 Å². The molecule has 114 valence electrons. The van der Waals surface area contributed by atoms with Crippen molar-refractivity contribution < 1.29 is 19.4 Å². The maximum absolute atomic E-state index is 11.7. The van der Waals surface area contributed by atoms with Gasteiger partial charge in [-0.3, -0.25) is 0 Å². The number of halogens is 4. The minimum Gasteiger partial charge on any atom is -0.479 e. The molecule has 0 radical (unpaired) electrons. The number of carboxylic acids is 1. The molecule has 0 unspecified atom stereocenters. The van der Waals surface area contributed by atoms with Gasteiger partial charge in [0.15, 0.2) is 0 Å². The van der Waals surface area contributed by atoms with Crippen LogP contribution < -0.4 is 0 Å². The minimum absolute atomic E-state index is 0.0381. The summed E-state index contributed by atoms with van der Waals surface area (Å²) < 4.78 is 0.733.